The van der Waals surface area contributed by atoms with E-state index in [4.69, 9.17) is 9.47 Å². The standard InChI is InChI=1S/C21H23F3N2O3/c1-28-16-8-9-19(29-2)17(12-16)18-7-4-10-26(18)13-20(27)25-15-6-3-5-14(11-15)21(22,23)24/h3,5-6,8-9,11-12,18H,4,7,10,13H2,1-2H3,(H,25,27)/p+1/t18-/m1/s1. The largest absolute Gasteiger partial charge is 0.497 e. The van der Waals surface area contributed by atoms with E-state index in [2.05, 4.69) is 5.32 Å². The molecule has 2 N–H and O–H groups in total. The molecule has 1 amide bonds. The molecular formula is C21H24F3N2O3+. The number of carbonyl (C=O) groups excluding carboxylic acids is 1. The van der Waals surface area contributed by atoms with Crippen LogP contribution in [0.1, 0.15) is 30.0 Å². The second-order valence-electron chi connectivity index (χ2n) is 7.01. The maximum Gasteiger partial charge on any atom is 0.416 e. The lowest BCUT2D eigenvalue weighted by atomic mass is 10.0. The normalized spacial score (nSPS) is 19.1. The molecule has 29 heavy (non-hydrogen) atoms. The molecule has 1 unspecified atom stereocenters. The molecule has 1 aliphatic rings. The van der Waals surface area contributed by atoms with Crippen LogP contribution < -0.4 is 19.7 Å². The number of methoxy groups -OCH3 is 2. The first-order valence-corrected chi connectivity index (χ1v) is 9.35. The van der Waals surface area contributed by atoms with Gasteiger partial charge in [-0.1, -0.05) is 6.07 Å². The van der Waals surface area contributed by atoms with Gasteiger partial charge in [0.25, 0.3) is 5.91 Å². The van der Waals surface area contributed by atoms with Gasteiger partial charge in [-0.2, -0.15) is 13.2 Å². The van der Waals surface area contributed by atoms with Crippen LogP contribution in [0.25, 0.3) is 0 Å². The van der Waals surface area contributed by atoms with Gasteiger partial charge >= 0.3 is 6.18 Å². The Bertz CT molecular complexity index is 870. The second-order valence-corrected chi connectivity index (χ2v) is 7.01. The molecule has 0 aromatic heterocycles. The number of halogens is 3. The third kappa shape index (κ3) is 5.00. The molecule has 1 heterocycles. The summed E-state index contributed by atoms with van der Waals surface area (Å²) in [4.78, 5) is 13.6. The van der Waals surface area contributed by atoms with Crippen LogP contribution in [0.2, 0.25) is 0 Å². The summed E-state index contributed by atoms with van der Waals surface area (Å²) in [5, 5.41) is 2.59. The van der Waals surface area contributed by atoms with E-state index in [0.29, 0.717) is 5.75 Å². The minimum Gasteiger partial charge on any atom is -0.497 e. The van der Waals surface area contributed by atoms with Gasteiger partial charge in [-0.3, -0.25) is 4.79 Å². The van der Waals surface area contributed by atoms with E-state index in [1.54, 1.807) is 14.2 Å². The summed E-state index contributed by atoms with van der Waals surface area (Å²) >= 11 is 0. The highest BCUT2D eigenvalue weighted by Gasteiger charge is 2.34. The third-order valence-corrected chi connectivity index (χ3v) is 5.16. The van der Waals surface area contributed by atoms with Crippen LogP contribution >= 0.6 is 0 Å². The highest BCUT2D eigenvalue weighted by atomic mass is 19.4. The molecule has 1 fully saturated rings. The highest BCUT2D eigenvalue weighted by molar-refractivity contribution is 5.91. The van der Waals surface area contributed by atoms with Gasteiger partial charge in [0, 0.05) is 18.5 Å². The molecule has 8 heteroatoms. The number of alkyl halides is 3. The van der Waals surface area contributed by atoms with Crippen molar-refractivity contribution in [1.29, 1.82) is 0 Å². The molecule has 1 aliphatic heterocycles. The number of carbonyl (C=O) groups is 1. The van der Waals surface area contributed by atoms with Gasteiger partial charge in [0.05, 0.1) is 31.9 Å². The fourth-order valence-corrected chi connectivity index (χ4v) is 3.80. The van der Waals surface area contributed by atoms with E-state index in [1.807, 2.05) is 18.2 Å². The lowest BCUT2D eigenvalue weighted by molar-refractivity contribution is -0.910. The summed E-state index contributed by atoms with van der Waals surface area (Å²) in [5.74, 6) is 1.11. The summed E-state index contributed by atoms with van der Waals surface area (Å²) in [6.45, 7) is 0.947. The average molecular weight is 409 g/mol. The highest BCUT2D eigenvalue weighted by Crippen LogP contribution is 2.32. The fourth-order valence-electron chi connectivity index (χ4n) is 3.80. The van der Waals surface area contributed by atoms with Crippen molar-refractivity contribution in [3.05, 3.63) is 53.6 Å². The Balaban J connectivity index is 1.72. The maximum atomic E-state index is 12.9. The molecule has 5 nitrogen and oxygen atoms in total. The molecule has 2 aromatic rings. The van der Waals surface area contributed by atoms with Crippen molar-refractivity contribution < 1.29 is 32.3 Å². The summed E-state index contributed by atoms with van der Waals surface area (Å²) < 4.78 is 49.4. The minimum atomic E-state index is -4.45. The SMILES string of the molecule is COc1ccc(OC)c([C@H]2CCC[NH+]2CC(=O)Nc2cccc(C(F)(F)F)c2)c1. The number of hydrogen-bond acceptors (Lipinski definition) is 3. The molecule has 0 bridgehead atoms. The van der Waals surface area contributed by atoms with E-state index in [-0.39, 0.29) is 24.2 Å². The Morgan fingerprint density at radius 3 is 2.66 bits per heavy atom. The first-order chi connectivity index (χ1) is 13.8. The van der Waals surface area contributed by atoms with Gasteiger partial charge in [0.2, 0.25) is 0 Å². The number of rotatable bonds is 6. The number of hydrogen-bond donors (Lipinski definition) is 2. The number of likely N-dealkylation sites (tertiary alicyclic amines) is 1. The first-order valence-electron chi connectivity index (χ1n) is 9.35. The van der Waals surface area contributed by atoms with E-state index in [9.17, 15) is 18.0 Å². The van der Waals surface area contributed by atoms with Crippen molar-refractivity contribution >= 4 is 11.6 Å². The molecule has 3 rings (SSSR count). The second kappa shape index (κ2) is 8.73. The van der Waals surface area contributed by atoms with Crippen LogP contribution in [0.4, 0.5) is 18.9 Å². The fraction of sp³-hybridized carbons (Fsp3) is 0.381. The third-order valence-electron chi connectivity index (χ3n) is 5.16. The van der Waals surface area contributed by atoms with Crippen LogP contribution in [0.5, 0.6) is 11.5 Å². The van der Waals surface area contributed by atoms with Crippen molar-refractivity contribution in [2.75, 3.05) is 32.6 Å². The van der Waals surface area contributed by atoms with Gasteiger partial charge in [-0.05, 0) is 36.4 Å². The number of amides is 1. The monoisotopic (exact) mass is 409 g/mol. The van der Waals surface area contributed by atoms with E-state index >= 15 is 0 Å². The van der Waals surface area contributed by atoms with Crippen molar-refractivity contribution in [2.24, 2.45) is 0 Å². The zero-order chi connectivity index (χ0) is 21.0. The number of quaternary nitrogens is 1. The average Bonchev–Trinajstić information content (AvgIpc) is 3.14. The van der Waals surface area contributed by atoms with Gasteiger partial charge < -0.3 is 19.7 Å². The van der Waals surface area contributed by atoms with Crippen molar-refractivity contribution in [1.82, 2.24) is 0 Å². The number of ether oxygens (including phenoxy) is 2. The number of benzene rings is 2. The molecule has 1 saturated heterocycles. The summed E-state index contributed by atoms with van der Waals surface area (Å²) in [7, 11) is 3.19. The first kappa shape index (κ1) is 21.0. The van der Waals surface area contributed by atoms with Gasteiger partial charge in [0.1, 0.15) is 17.5 Å². The van der Waals surface area contributed by atoms with Crippen LogP contribution in [-0.2, 0) is 11.0 Å². The zero-order valence-corrected chi connectivity index (χ0v) is 16.3. The Labute approximate surface area is 167 Å². The molecule has 0 saturated carbocycles. The topological polar surface area (TPSA) is 52.0 Å². The van der Waals surface area contributed by atoms with E-state index in [0.717, 1.165) is 47.7 Å². The summed E-state index contributed by atoms with van der Waals surface area (Å²) in [6.07, 6.45) is -2.62. The van der Waals surface area contributed by atoms with Crippen LogP contribution in [0.3, 0.4) is 0 Å². The molecule has 156 valence electrons. The lowest BCUT2D eigenvalue weighted by Crippen LogP contribution is -3.11. The maximum absolute atomic E-state index is 12.9. The summed E-state index contributed by atoms with van der Waals surface area (Å²) in [5.41, 5.74) is 0.313. The van der Waals surface area contributed by atoms with Crippen molar-refractivity contribution in [3.63, 3.8) is 0 Å². The predicted molar refractivity (Wildman–Crippen MR) is 102 cm³/mol. The van der Waals surface area contributed by atoms with E-state index in [1.165, 1.54) is 12.1 Å². The molecule has 2 aromatic carbocycles. The molecule has 2 atom stereocenters. The quantitative estimate of drug-likeness (QED) is 0.771. The Morgan fingerprint density at radius 2 is 1.97 bits per heavy atom. The number of nitrogens with one attached hydrogen (secondary N) is 2. The van der Waals surface area contributed by atoms with Crippen LogP contribution in [-0.4, -0.2) is 33.2 Å². The van der Waals surface area contributed by atoms with Gasteiger partial charge in [0.15, 0.2) is 6.54 Å². The van der Waals surface area contributed by atoms with Gasteiger partial charge in [-0.15, -0.1) is 0 Å². The van der Waals surface area contributed by atoms with Crippen LogP contribution in [0.15, 0.2) is 42.5 Å². The minimum absolute atomic E-state index is 0.0484. The van der Waals surface area contributed by atoms with Gasteiger partial charge in [-0.25, -0.2) is 0 Å². The van der Waals surface area contributed by atoms with E-state index < -0.39 is 11.7 Å². The molecule has 0 spiro atoms. The molecule has 0 aliphatic carbocycles. The lowest BCUT2D eigenvalue weighted by Gasteiger charge is -2.23. The number of anilines is 1. The Kier molecular flexibility index (Phi) is 6.32. The van der Waals surface area contributed by atoms with Crippen molar-refractivity contribution in [2.45, 2.75) is 25.1 Å². The Morgan fingerprint density at radius 1 is 1.17 bits per heavy atom. The molecular weight excluding hydrogens is 385 g/mol. The predicted octanol–water partition coefficient (Wildman–Crippen LogP) is 3.08. The molecule has 0 radical (unpaired) electrons. The van der Waals surface area contributed by atoms with Crippen LogP contribution in [0, 0.1) is 0 Å². The Hall–Kier alpha value is -2.74. The summed E-state index contributed by atoms with van der Waals surface area (Å²) in [6, 6.07) is 10.3. The smallest absolute Gasteiger partial charge is 0.416 e. The van der Waals surface area contributed by atoms with Crippen molar-refractivity contribution in [3.8, 4) is 11.5 Å². The zero-order valence-electron chi connectivity index (χ0n) is 16.3.